The number of hydrogen-bond donors (Lipinski definition) is 3. The van der Waals surface area contributed by atoms with Crippen molar-refractivity contribution in [3.05, 3.63) is 21.9 Å². The van der Waals surface area contributed by atoms with Gasteiger partial charge in [-0.05, 0) is 56.6 Å². The van der Waals surface area contributed by atoms with Gasteiger partial charge < -0.3 is 15.5 Å². The van der Waals surface area contributed by atoms with Crippen molar-refractivity contribution < 1.29 is 14.4 Å². The molecule has 0 spiro atoms. The van der Waals surface area contributed by atoms with Crippen LogP contribution < -0.4 is 5.73 Å². The van der Waals surface area contributed by atoms with Crippen molar-refractivity contribution >= 4 is 18.9 Å². The quantitative estimate of drug-likeness (QED) is 0.264. The normalized spacial score (nSPS) is 18.3. The van der Waals surface area contributed by atoms with Crippen molar-refractivity contribution in [2.45, 2.75) is 102 Å². The molecule has 4 nitrogen and oxygen atoms in total. The summed E-state index contributed by atoms with van der Waals surface area (Å²) in [5.74, 6) is 1.00. The van der Waals surface area contributed by atoms with Gasteiger partial charge in [0.05, 0.1) is 6.16 Å². The SMILES string of the molecule is CCC(N)(CCc1ccc(CCCCCC2CCCCC2)s1)CCP(=O)(O)O. The Kier molecular flexibility index (Phi) is 10.2. The Morgan fingerprint density at radius 1 is 1.07 bits per heavy atom. The van der Waals surface area contributed by atoms with Crippen molar-refractivity contribution in [2.24, 2.45) is 11.7 Å². The van der Waals surface area contributed by atoms with Crippen LogP contribution >= 0.6 is 18.9 Å². The summed E-state index contributed by atoms with van der Waals surface area (Å²) in [6, 6.07) is 4.46. The number of nitrogens with two attached hydrogens (primary N) is 1. The predicted molar refractivity (Wildman–Crippen MR) is 120 cm³/mol. The average molecular weight is 430 g/mol. The summed E-state index contributed by atoms with van der Waals surface area (Å²) in [6.45, 7) is 2.01. The molecule has 4 N–H and O–H groups in total. The second-order valence-corrected chi connectivity index (χ2v) is 11.9. The fourth-order valence-corrected chi connectivity index (χ4v) is 6.09. The molecule has 1 aliphatic rings. The first-order chi connectivity index (χ1) is 13.3. The predicted octanol–water partition coefficient (Wildman–Crippen LogP) is 6.04. The summed E-state index contributed by atoms with van der Waals surface area (Å²) in [6.07, 6.45) is 16.6. The van der Waals surface area contributed by atoms with Crippen molar-refractivity contribution in [1.82, 2.24) is 0 Å². The summed E-state index contributed by atoms with van der Waals surface area (Å²) in [5, 5.41) is 0. The van der Waals surface area contributed by atoms with Crippen LogP contribution in [0.3, 0.4) is 0 Å². The summed E-state index contributed by atoms with van der Waals surface area (Å²) in [5.41, 5.74) is 5.91. The number of thiophene rings is 1. The highest BCUT2D eigenvalue weighted by Gasteiger charge is 2.26. The zero-order valence-corrected chi connectivity index (χ0v) is 19.3. The van der Waals surface area contributed by atoms with Crippen LogP contribution in [0.2, 0.25) is 0 Å². The van der Waals surface area contributed by atoms with Crippen LogP contribution in [0.1, 0.15) is 93.7 Å². The zero-order valence-electron chi connectivity index (χ0n) is 17.6. The van der Waals surface area contributed by atoms with E-state index in [2.05, 4.69) is 12.1 Å². The van der Waals surface area contributed by atoms with Crippen molar-refractivity contribution in [1.29, 1.82) is 0 Å². The maximum absolute atomic E-state index is 11.1. The van der Waals surface area contributed by atoms with E-state index >= 15 is 0 Å². The molecule has 0 saturated heterocycles. The maximum atomic E-state index is 11.1. The van der Waals surface area contributed by atoms with Gasteiger partial charge in [-0.1, -0.05) is 58.3 Å². The molecule has 1 aromatic rings. The zero-order chi connectivity index (χ0) is 20.5. The van der Waals surface area contributed by atoms with Crippen LogP contribution in [-0.2, 0) is 17.4 Å². The van der Waals surface area contributed by atoms with E-state index in [-0.39, 0.29) is 6.16 Å². The van der Waals surface area contributed by atoms with Gasteiger partial charge in [0, 0.05) is 15.3 Å². The third kappa shape index (κ3) is 9.54. The molecular weight excluding hydrogens is 389 g/mol. The molecule has 0 amide bonds. The lowest BCUT2D eigenvalue weighted by molar-refractivity contribution is 0.328. The van der Waals surface area contributed by atoms with E-state index in [0.717, 1.165) is 25.2 Å². The monoisotopic (exact) mass is 429 g/mol. The van der Waals surface area contributed by atoms with Gasteiger partial charge in [0.25, 0.3) is 0 Å². The van der Waals surface area contributed by atoms with Gasteiger partial charge in [0.2, 0.25) is 0 Å². The van der Waals surface area contributed by atoms with Crippen LogP contribution in [0, 0.1) is 5.92 Å². The molecule has 1 atom stereocenters. The Hall–Kier alpha value is -0.190. The number of hydrogen-bond acceptors (Lipinski definition) is 3. The van der Waals surface area contributed by atoms with E-state index in [1.54, 1.807) is 0 Å². The summed E-state index contributed by atoms with van der Waals surface area (Å²) in [4.78, 5) is 21.0. The number of aryl methyl sites for hydroxylation is 2. The second-order valence-electron chi connectivity index (χ2n) is 8.83. The Balaban J connectivity index is 1.64. The first kappa shape index (κ1) is 24.1. The minimum atomic E-state index is -3.97. The fraction of sp³-hybridized carbons (Fsp3) is 0.818. The molecule has 2 rings (SSSR count). The number of unbranched alkanes of at least 4 members (excludes halogenated alkanes) is 2. The molecule has 1 fully saturated rings. The van der Waals surface area contributed by atoms with Crippen molar-refractivity contribution in [2.75, 3.05) is 6.16 Å². The highest BCUT2D eigenvalue weighted by atomic mass is 32.1. The van der Waals surface area contributed by atoms with Crippen LogP contribution in [-0.4, -0.2) is 21.5 Å². The Morgan fingerprint density at radius 2 is 1.75 bits per heavy atom. The lowest BCUT2D eigenvalue weighted by Crippen LogP contribution is -2.40. The highest BCUT2D eigenvalue weighted by Crippen LogP contribution is 2.38. The standard InChI is InChI=1S/C22H40NO3PS/c1-2-22(23,17-18-27(24,25)26)16-15-21-14-13-20(28-21)12-8-4-7-11-19-9-5-3-6-10-19/h13-14,19H,2-12,15-18,23H2,1H3,(H2,24,25,26). The molecule has 1 unspecified atom stereocenters. The van der Waals surface area contributed by atoms with Crippen LogP contribution in [0.15, 0.2) is 12.1 Å². The van der Waals surface area contributed by atoms with E-state index in [9.17, 15) is 4.57 Å². The minimum Gasteiger partial charge on any atom is -0.325 e. The van der Waals surface area contributed by atoms with E-state index < -0.39 is 13.1 Å². The van der Waals surface area contributed by atoms with Gasteiger partial charge >= 0.3 is 7.60 Å². The van der Waals surface area contributed by atoms with Gasteiger partial charge in [-0.25, -0.2) is 0 Å². The van der Waals surface area contributed by atoms with Gasteiger partial charge in [0.15, 0.2) is 0 Å². The first-order valence-corrected chi connectivity index (χ1v) is 13.8. The van der Waals surface area contributed by atoms with Gasteiger partial charge in [-0.15, -0.1) is 11.3 Å². The molecular formula is C22H40NO3PS. The molecule has 0 bridgehead atoms. The summed E-state index contributed by atoms with van der Waals surface area (Å²) in [7, 11) is -3.97. The topological polar surface area (TPSA) is 83.6 Å². The van der Waals surface area contributed by atoms with Crippen molar-refractivity contribution in [3.63, 3.8) is 0 Å². The van der Waals surface area contributed by atoms with Crippen LogP contribution in [0.5, 0.6) is 0 Å². The second kappa shape index (κ2) is 11.9. The molecule has 1 heterocycles. The Labute approximate surface area is 175 Å². The molecule has 162 valence electrons. The maximum Gasteiger partial charge on any atom is 0.325 e. The van der Waals surface area contributed by atoms with Gasteiger partial charge in [-0.3, -0.25) is 4.57 Å². The van der Waals surface area contributed by atoms with Crippen LogP contribution in [0.4, 0.5) is 0 Å². The molecule has 1 aromatic heterocycles. The molecule has 1 aliphatic carbocycles. The van der Waals surface area contributed by atoms with E-state index in [1.165, 1.54) is 74.0 Å². The number of rotatable bonds is 13. The fourth-order valence-electron chi connectivity index (χ4n) is 4.29. The molecule has 6 heteroatoms. The lowest BCUT2D eigenvalue weighted by Gasteiger charge is -2.28. The largest absolute Gasteiger partial charge is 0.325 e. The summed E-state index contributed by atoms with van der Waals surface area (Å²) >= 11 is 1.88. The minimum absolute atomic E-state index is 0.117. The molecule has 0 aliphatic heterocycles. The van der Waals surface area contributed by atoms with E-state index in [4.69, 9.17) is 15.5 Å². The highest BCUT2D eigenvalue weighted by molar-refractivity contribution is 7.51. The lowest BCUT2D eigenvalue weighted by atomic mass is 9.85. The molecule has 28 heavy (non-hydrogen) atoms. The molecule has 1 saturated carbocycles. The smallest absolute Gasteiger partial charge is 0.325 e. The Bertz CT molecular complexity index is 609. The third-order valence-corrected chi connectivity index (χ3v) is 8.46. The van der Waals surface area contributed by atoms with Crippen LogP contribution in [0.25, 0.3) is 0 Å². The average Bonchev–Trinajstić information content (AvgIpc) is 3.13. The molecule has 0 radical (unpaired) electrons. The van der Waals surface area contributed by atoms with E-state index in [0.29, 0.717) is 6.42 Å². The Morgan fingerprint density at radius 3 is 2.39 bits per heavy atom. The van der Waals surface area contributed by atoms with Gasteiger partial charge in [0.1, 0.15) is 0 Å². The molecule has 0 aromatic carbocycles. The summed E-state index contributed by atoms with van der Waals surface area (Å²) < 4.78 is 11.1. The first-order valence-electron chi connectivity index (χ1n) is 11.2. The van der Waals surface area contributed by atoms with Gasteiger partial charge in [-0.2, -0.15) is 0 Å². The van der Waals surface area contributed by atoms with E-state index in [1.807, 2.05) is 18.3 Å². The third-order valence-electron chi connectivity index (χ3n) is 6.45. The van der Waals surface area contributed by atoms with Crippen molar-refractivity contribution in [3.8, 4) is 0 Å².